The number of aryl methyl sites for hydroxylation is 2. The van der Waals surface area contributed by atoms with E-state index in [0.717, 1.165) is 79.4 Å². The molecule has 6 rings (SSSR count). The molecular formula is C57H79N3O9. The molecule has 2 aliphatic carbocycles. The van der Waals surface area contributed by atoms with E-state index < -0.39 is 22.7 Å². The Morgan fingerprint density at radius 3 is 2.22 bits per heavy atom. The molecule has 376 valence electrons. The highest BCUT2D eigenvalue weighted by molar-refractivity contribution is 6.03. The van der Waals surface area contributed by atoms with E-state index in [-0.39, 0.29) is 55.8 Å². The average molecular weight is 950 g/mol. The molecule has 6 atom stereocenters. The maximum absolute atomic E-state index is 14.9. The number of aliphatic hydroxyl groups excluding tert-OH is 2. The molecule has 69 heavy (non-hydrogen) atoms. The van der Waals surface area contributed by atoms with Gasteiger partial charge in [0.25, 0.3) is 5.69 Å². The van der Waals surface area contributed by atoms with E-state index in [9.17, 15) is 25.1 Å². The van der Waals surface area contributed by atoms with Crippen molar-refractivity contribution in [3.8, 4) is 17.2 Å². The third-order valence-corrected chi connectivity index (χ3v) is 14.6. The van der Waals surface area contributed by atoms with E-state index in [2.05, 4.69) is 58.5 Å². The van der Waals surface area contributed by atoms with Gasteiger partial charge in [-0.3, -0.25) is 14.9 Å². The molecule has 12 nitrogen and oxygen atoms in total. The van der Waals surface area contributed by atoms with Crippen molar-refractivity contribution in [2.75, 3.05) is 26.4 Å². The van der Waals surface area contributed by atoms with Crippen LogP contribution in [0.2, 0.25) is 0 Å². The Morgan fingerprint density at radius 1 is 0.870 bits per heavy atom. The largest absolute Gasteiger partial charge is 0.459 e. The van der Waals surface area contributed by atoms with Gasteiger partial charge in [0.2, 0.25) is 11.7 Å². The smallest absolute Gasteiger partial charge is 0.269 e. The van der Waals surface area contributed by atoms with Crippen molar-refractivity contribution >= 4 is 17.3 Å². The topological polar surface area (TPSA) is 153 Å². The molecule has 0 saturated heterocycles. The van der Waals surface area contributed by atoms with Gasteiger partial charge in [0, 0.05) is 56.2 Å². The normalized spacial score (nSPS) is 22.0. The predicted molar refractivity (Wildman–Crippen MR) is 273 cm³/mol. The number of carbonyl (C=O) groups excluding carboxylic acids is 1. The Bertz CT molecular complexity index is 2190. The molecule has 3 aromatic carbocycles. The maximum atomic E-state index is 14.9. The minimum atomic E-state index is -1.35. The monoisotopic (exact) mass is 950 g/mol. The van der Waals surface area contributed by atoms with Gasteiger partial charge in [0.15, 0.2) is 0 Å². The van der Waals surface area contributed by atoms with Gasteiger partial charge in [0.1, 0.15) is 29.9 Å². The zero-order valence-corrected chi connectivity index (χ0v) is 41.9. The standard InChI is InChI=1S/C57H79N3O9/c1-6-9-10-11-12-13-14-15-16-23-54(63)59(32-7-2)53-39-51(58-67-40-43-25-27-45(28-26-43)60(64)65)49-37-44(21-17-19-33-61)48(22-18-20-34-62)55-50-38-47(68-46-29-24-41(4)42(5)36-46)30-31-52(50)69-57(53,56(49)55)66-35-8-3/h8,24-31,36-38,44,48,53,55-56,61-62H,3,6-7,9-23,32-35,39-40H2,1-2,4-5H3/t44-,48+,53-,55+,56+,57+/m0/s1. The molecule has 1 amide bonds. The number of allylic oxidation sites excluding steroid dienone is 1. The molecule has 3 aromatic rings. The summed E-state index contributed by atoms with van der Waals surface area (Å²) in [7, 11) is 0. The number of non-ortho nitro benzene ring substituents is 1. The van der Waals surface area contributed by atoms with Gasteiger partial charge in [-0.2, -0.15) is 0 Å². The molecule has 2 N–H and O–H groups in total. The predicted octanol–water partition coefficient (Wildman–Crippen LogP) is 13.0. The number of ether oxygens (including phenoxy) is 3. The second kappa shape index (κ2) is 26.8. The maximum Gasteiger partial charge on any atom is 0.269 e. The molecule has 1 aliphatic heterocycles. The first-order chi connectivity index (χ1) is 33.6. The Morgan fingerprint density at radius 2 is 1.55 bits per heavy atom. The van der Waals surface area contributed by atoms with Gasteiger partial charge in [0.05, 0.1) is 23.2 Å². The van der Waals surface area contributed by atoms with Crippen molar-refractivity contribution < 1.29 is 39.0 Å². The second-order valence-corrected chi connectivity index (χ2v) is 19.5. The lowest BCUT2D eigenvalue weighted by molar-refractivity contribution is -0.384. The molecule has 0 radical (unpaired) electrons. The van der Waals surface area contributed by atoms with Gasteiger partial charge >= 0.3 is 0 Å². The molecule has 3 aliphatic rings. The van der Waals surface area contributed by atoms with Crippen LogP contribution in [0, 0.1) is 41.7 Å². The molecule has 1 fully saturated rings. The Labute approximate surface area is 411 Å². The number of benzene rings is 3. The fourth-order valence-electron chi connectivity index (χ4n) is 10.9. The van der Waals surface area contributed by atoms with Gasteiger partial charge < -0.3 is 34.2 Å². The summed E-state index contributed by atoms with van der Waals surface area (Å²) in [4.78, 5) is 34.2. The number of aliphatic hydroxyl groups is 2. The summed E-state index contributed by atoms with van der Waals surface area (Å²) >= 11 is 0. The van der Waals surface area contributed by atoms with Crippen LogP contribution in [0.5, 0.6) is 17.2 Å². The van der Waals surface area contributed by atoms with Crippen LogP contribution in [0.1, 0.15) is 158 Å². The second-order valence-electron chi connectivity index (χ2n) is 19.5. The highest BCUT2D eigenvalue weighted by Crippen LogP contribution is 2.62. The van der Waals surface area contributed by atoms with E-state index >= 15 is 0 Å². The number of nitrogens with zero attached hydrogens (tertiary/aromatic N) is 3. The van der Waals surface area contributed by atoms with E-state index in [1.54, 1.807) is 18.2 Å². The molecular weight excluding hydrogens is 871 g/mol. The SMILES string of the molecule is C=CCO[C@@]12Oc3ccc(Oc4ccc(C)c(C)c4)cc3[C@H]3[C@H](CCCCO)[C@@H](CCCCO)C=C(C(=NOCc4ccc([N+](=O)[O-])cc4)C[C@@H]1N(CCC)C(=O)CCCCCCCCCCC)[C@H]32. The van der Waals surface area contributed by atoms with E-state index in [1.165, 1.54) is 56.2 Å². The number of nitro benzene ring substituents is 1. The summed E-state index contributed by atoms with van der Waals surface area (Å²) in [6, 6.07) is 17.8. The van der Waals surface area contributed by atoms with Crippen LogP contribution in [-0.4, -0.2) is 69.8 Å². The highest BCUT2D eigenvalue weighted by atomic mass is 16.7. The van der Waals surface area contributed by atoms with Crippen LogP contribution in [-0.2, 0) is 21.0 Å². The van der Waals surface area contributed by atoms with Crippen molar-refractivity contribution in [3.05, 3.63) is 117 Å². The number of rotatable bonds is 30. The van der Waals surface area contributed by atoms with Crippen molar-refractivity contribution in [1.82, 2.24) is 4.90 Å². The van der Waals surface area contributed by atoms with Crippen LogP contribution < -0.4 is 9.47 Å². The van der Waals surface area contributed by atoms with Crippen molar-refractivity contribution in [3.63, 3.8) is 0 Å². The molecule has 1 heterocycles. The minimum Gasteiger partial charge on any atom is -0.459 e. The quantitative estimate of drug-likeness (QED) is 0.0288. The van der Waals surface area contributed by atoms with Crippen molar-refractivity contribution in [1.29, 1.82) is 0 Å². The first-order valence-electron chi connectivity index (χ1n) is 26.1. The fourth-order valence-corrected chi connectivity index (χ4v) is 10.9. The Balaban J connectivity index is 1.48. The fraction of sp³-hybridized carbons (Fsp3) is 0.579. The van der Waals surface area contributed by atoms with Crippen LogP contribution in [0.4, 0.5) is 5.69 Å². The minimum absolute atomic E-state index is 0.00144. The van der Waals surface area contributed by atoms with Crippen LogP contribution in [0.15, 0.2) is 90.1 Å². The van der Waals surface area contributed by atoms with Gasteiger partial charge in [-0.05, 0) is 129 Å². The first kappa shape index (κ1) is 53.3. The highest BCUT2D eigenvalue weighted by Gasteiger charge is 2.65. The number of unbranched alkanes of at least 4 members (excludes halogenated alkanes) is 10. The summed E-state index contributed by atoms with van der Waals surface area (Å²) < 4.78 is 21.3. The van der Waals surface area contributed by atoms with E-state index in [0.29, 0.717) is 49.4 Å². The lowest BCUT2D eigenvalue weighted by Crippen LogP contribution is -2.70. The van der Waals surface area contributed by atoms with Gasteiger partial charge in [-0.15, -0.1) is 6.58 Å². The molecule has 0 aromatic heterocycles. The number of oxime groups is 1. The van der Waals surface area contributed by atoms with Crippen LogP contribution in [0.25, 0.3) is 0 Å². The molecule has 12 heteroatoms. The zero-order chi connectivity index (χ0) is 49.2. The summed E-state index contributed by atoms with van der Waals surface area (Å²) in [6.07, 6.45) is 20.5. The average Bonchev–Trinajstić information content (AvgIpc) is 3.34. The summed E-state index contributed by atoms with van der Waals surface area (Å²) in [5.74, 6) is 0.293. The van der Waals surface area contributed by atoms with Crippen molar-refractivity contribution in [2.24, 2.45) is 22.9 Å². The number of amides is 1. The molecule has 1 saturated carbocycles. The number of carbonyl (C=O) groups is 1. The van der Waals surface area contributed by atoms with Gasteiger partial charge in [-0.25, -0.2) is 0 Å². The molecule has 0 unspecified atom stereocenters. The third kappa shape index (κ3) is 13.6. The first-order valence-corrected chi connectivity index (χ1v) is 26.1. The van der Waals surface area contributed by atoms with Crippen LogP contribution in [0.3, 0.4) is 0 Å². The van der Waals surface area contributed by atoms with Crippen LogP contribution >= 0.6 is 0 Å². The van der Waals surface area contributed by atoms with E-state index in [4.69, 9.17) is 24.2 Å². The van der Waals surface area contributed by atoms with Gasteiger partial charge in [-0.1, -0.05) is 101 Å². The van der Waals surface area contributed by atoms with E-state index in [1.807, 2.05) is 23.1 Å². The zero-order valence-electron chi connectivity index (χ0n) is 41.9. The summed E-state index contributed by atoms with van der Waals surface area (Å²) in [5, 5.41) is 36.4. The number of nitro groups is 1. The summed E-state index contributed by atoms with van der Waals surface area (Å²) in [6.45, 7) is 13.5. The number of fused-ring (bicyclic) bond motifs is 2. The molecule has 0 bridgehead atoms. The number of hydrogen-bond acceptors (Lipinski definition) is 10. The third-order valence-electron chi connectivity index (χ3n) is 14.6. The number of hydrogen-bond donors (Lipinski definition) is 2. The Kier molecular flexibility index (Phi) is 20.7. The lowest BCUT2D eigenvalue weighted by Gasteiger charge is -2.60. The lowest BCUT2D eigenvalue weighted by atomic mass is 9.55. The Hall–Kier alpha value is -5.04. The molecule has 0 spiro atoms. The van der Waals surface area contributed by atoms with Crippen molar-refractivity contribution in [2.45, 2.75) is 168 Å². The summed E-state index contributed by atoms with van der Waals surface area (Å²) in [5.41, 5.74) is 5.69.